The predicted octanol–water partition coefficient (Wildman–Crippen LogP) is 2.01. The molecule has 0 radical (unpaired) electrons. The van der Waals surface area contributed by atoms with Gasteiger partial charge in [-0.2, -0.15) is 11.3 Å². The van der Waals surface area contributed by atoms with Crippen molar-refractivity contribution in [2.45, 2.75) is 50.5 Å². The topological polar surface area (TPSA) is 41.6 Å². The van der Waals surface area contributed by atoms with Gasteiger partial charge in [0.05, 0.1) is 6.10 Å². The zero-order valence-electron chi connectivity index (χ0n) is 12.2. The highest BCUT2D eigenvalue weighted by molar-refractivity contribution is 7.07. The van der Waals surface area contributed by atoms with Gasteiger partial charge in [0.15, 0.2) is 0 Å². The lowest BCUT2D eigenvalue weighted by atomic mass is 10.1. The Morgan fingerprint density at radius 1 is 1.43 bits per heavy atom. The Balaban J connectivity index is 1.32. The highest BCUT2D eigenvalue weighted by atomic mass is 32.1. The zero-order chi connectivity index (χ0) is 14.2. The average Bonchev–Trinajstić information content (AvgIpc) is 2.90. The molecule has 4 rings (SSSR count). The molecule has 0 spiro atoms. The number of likely N-dealkylation sites (tertiary alicyclic amines) is 1. The van der Waals surface area contributed by atoms with E-state index in [1.165, 1.54) is 18.4 Å². The number of nitrogens with one attached hydrogen (secondary N) is 1. The smallest absolute Gasteiger partial charge is 0.249 e. The molecule has 1 aliphatic carbocycles. The zero-order valence-corrected chi connectivity index (χ0v) is 13.0. The maximum Gasteiger partial charge on any atom is 0.249 e. The van der Waals surface area contributed by atoms with Crippen molar-refractivity contribution in [2.24, 2.45) is 5.92 Å². The van der Waals surface area contributed by atoms with Crippen LogP contribution in [0.2, 0.25) is 0 Å². The lowest BCUT2D eigenvalue weighted by Gasteiger charge is -2.22. The summed E-state index contributed by atoms with van der Waals surface area (Å²) in [5, 5.41) is 7.39. The second kappa shape index (κ2) is 5.71. The number of hydrogen-bond acceptors (Lipinski definition) is 4. The first-order valence-electron chi connectivity index (χ1n) is 7.98. The Labute approximate surface area is 129 Å². The molecule has 0 unspecified atom stereocenters. The third kappa shape index (κ3) is 3.00. The van der Waals surface area contributed by atoms with E-state index >= 15 is 0 Å². The molecule has 0 aromatic carbocycles. The molecular weight excluding hydrogens is 284 g/mol. The van der Waals surface area contributed by atoms with Gasteiger partial charge in [0.2, 0.25) is 5.91 Å². The van der Waals surface area contributed by atoms with Crippen LogP contribution in [0.3, 0.4) is 0 Å². The summed E-state index contributed by atoms with van der Waals surface area (Å²) in [5.74, 6) is 0.830. The number of rotatable bonds is 5. The van der Waals surface area contributed by atoms with E-state index in [4.69, 9.17) is 4.74 Å². The Kier molecular flexibility index (Phi) is 3.73. The molecule has 0 bridgehead atoms. The highest BCUT2D eigenvalue weighted by Gasteiger charge is 2.45. The Morgan fingerprint density at radius 2 is 2.33 bits per heavy atom. The fourth-order valence-electron chi connectivity index (χ4n) is 3.49. The van der Waals surface area contributed by atoms with E-state index in [1.54, 1.807) is 11.3 Å². The first-order valence-corrected chi connectivity index (χ1v) is 8.92. The van der Waals surface area contributed by atoms with E-state index in [0.717, 1.165) is 38.4 Å². The van der Waals surface area contributed by atoms with Gasteiger partial charge in [-0.1, -0.05) is 0 Å². The summed E-state index contributed by atoms with van der Waals surface area (Å²) in [7, 11) is 0. The summed E-state index contributed by atoms with van der Waals surface area (Å²) in [6.45, 7) is 2.92. The van der Waals surface area contributed by atoms with Crippen LogP contribution in [0.1, 0.15) is 31.2 Å². The molecule has 1 saturated carbocycles. The van der Waals surface area contributed by atoms with Crippen molar-refractivity contribution < 1.29 is 9.53 Å². The van der Waals surface area contributed by atoms with Crippen LogP contribution in [-0.4, -0.2) is 42.1 Å². The predicted molar refractivity (Wildman–Crippen MR) is 82.1 cm³/mol. The first kappa shape index (κ1) is 13.7. The number of fused-ring (bicyclic) bond motifs is 1. The number of carbonyl (C=O) groups excluding carboxylic acids is 1. The van der Waals surface area contributed by atoms with Crippen LogP contribution in [0.25, 0.3) is 0 Å². The van der Waals surface area contributed by atoms with Crippen LogP contribution in [0.4, 0.5) is 0 Å². The van der Waals surface area contributed by atoms with Crippen LogP contribution in [0, 0.1) is 5.92 Å². The van der Waals surface area contributed by atoms with Crippen LogP contribution >= 0.6 is 11.3 Å². The molecule has 4 nitrogen and oxygen atoms in total. The second-order valence-electron chi connectivity index (χ2n) is 6.55. The molecule has 2 aliphatic heterocycles. The molecule has 1 aromatic heterocycles. The summed E-state index contributed by atoms with van der Waals surface area (Å²) in [6, 6.07) is 2.61. The lowest BCUT2D eigenvalue weighted by molar-refractivity contribution is -0.132. The Morgan fingerprint density at radius 3 is 3.10 bits per heavy atom. The summed E-state index contributed by atoms with van der Waals surface area (Å²) in [4.78, 5) is 14.7. The van der Waals surface area contributed by atoms with Gasteiger partial charge in [0.25, 0.3) is 0 Å². The van der Waals surface area contributed by atoms with Gasteiger partial charge in [-0.3, -0.25) is 9.69 Å². The number of hydrogen-bond donors (Lipinski definition) is 1. The van der Waals surface area contributed by atoms with Crippen molar-refractivity contribution >= 4 is 17.2 Å². The molecule has 1 aromatic rings. The van der Waals surface area contributed by atoms with Crippen molar-refractivity contribution in [3.05, 3.63) is 22.4 Å². The molecule has 1 N–H and O–H groups in total. The number of amides is 1. The van der Waals surface area contributed by atoms with Crippen molar-refractivity contribution in [1.29, 1.82) is 0 Å². The molecule has 21 heavy (non-hydrogen) atoms. The van der Waals surface area contributed by atoms with Crippen molar-refractivity contribution in [2.75, 3.05) is 13.1 Å². The number of thiophene rings is 1. The molecule has 1 amide bonds. The van der Waals surface area contributed by atoms with Gasteiger partial charge in [0, 0.05) is 32.1 Å². The van der Waals surface area contributed by atoms with Crippen molar-refractivity contribution in [3.63, 3.8) is 0 Å². The van der Waals surface area contributed by atoms with E-state index in [1.807, 2.05) is 0 Å². The maximum absolute atomic E-state index is 12.2. The van der Waals surface area contributed by atoms with Gasteiger partial charge in [-0.25, -0.2) is 0 Å². The molecule has 3 aliphatic rings. The Hall–Kier alpha value is -0.910. The van der Waals surface area contributed by atoms with Crippen LogP contribution in [-0.2, 0) is 16.1 Å². The maximum atomic E-state index is 12.2. The quantitative estimate of drug-likeness (QED) is 0.905. The van der Waals surface area contributed by atoms with E-state index in [2.05, 4.69) is 27.0 Å². The Bertz CT molecular complexity index is 500. The third-order valence-electron chi connectivity index (χ3n) is 4.91. The minimum atomic E-state index is -0.232. The van der Waals surface area contributed by atoms with Crippen LogP contribution in [0.5, 0.6) is 0 Å². The fraction of sp³-hybridized carbons (Fsp3) is 0.688. The SMILES string of the molecule is O=C(NCC1CC1)[C@@H]1C[C@H]2[C@H](CCN2Cc2ccsc2)O1. The molecule has 114 valence electrons. The van der Waals surface area contributed by atoms with Crippen LogP contribution in [0.15, 0.2) is 16.8 Å². The van der Waals surface area contributed by atoms with Gasteiger partial charge in [0.1, 0.15) is 6.10 Å². The summed E-state index contributed by atoms with van der Waals surface area (Å²) in [6.07, 6.45) is 4.47. The third-order valence-corrected chi connectivity index (χ3v) is 5.65. The fourth-order valence-corrected chi connectivity index (χ4v) is 4.15. The summed E-state index contributed by atoms with van der Waals surface area (Å²) in [5.41, 5.74) is 1.38. The summed E-state index contributed by atoms with van der Waals surface area (Å²) < 4.78 is 6.00. The monoisotopic (exact) mass is 306 g/mol. The van der Waals surface area contributed by atoms with E-state index < -0.39 is 0 Å². The second-order valence-corrected chi connectivity index (χ2v) is 7.33. The van der Waals surface area contributed by atoms with Gasteiger partial charge in [-0.15, -0.1) is 0 Å². The molecular formula is C16H22N2O2S. The number of carbonyl (C=O) groups is 1. The highest BCUT2D eigenvalue weighted by Crippen LogP contribution is 2.34. The molecule has 3 fully saturated rings. The normalized spacial score (nSPS) is 32.3. The average molecular weight is 306 g/mol. The van der Waals surface area contributed by atoms with Gasteiger partial charge >= 0.3 is 0 Å². The van der Waals surface area contributed by atoms with E-state index in [0.29, 0.717) is 6.04 Å². The van der Waals surface area contributed by atoms with Gasteiger partial charge in [-0.05, 0) is 47.6 Å². The standard InChI is InChI=1S/C16H22N2O2S/c19-16(17-8-11-1-2-11)15-7-13-14(20-15)3-5-18(13)9-12-4-6-21-10-12/h4,6,10-11,13-15H,1-3,5,7-9H2,(H,17,19)/t13-,14-,15-/m0/s1. The molecule has 3 heterocycles. The van der Waals surface area contributed by atoms with Gasteiger partial charge < -0.3 is 10.1 Å². The summed E-state index contributed by atoms with van der Waals surface area (Å²) >= 11 is 1.75. The number of ether oxygens (including phenoxy) is 1. The van der Waals surface area contributed by atoms with E-state index in [-0.39, 0.29) is 18.1 Å². The number of nitrogens with zero attached hydrogens (tertiary/aromatic N) is 1. The molecule has 3 atom stereocenters. The minimum Gasteiger partial charge on any atom is -0.363 e. The van der Waals surface area contributed by atoms with Crippen LogP contribution < -0.4 is 5.32 Å². The van der Waals surface area contributed by atoms with Crippen molar-refractivity contribution in [3.8, 4) is 0 Å². The first-order chi connectivity index (χ1) is 10.3. The van der Waals surface area contributed by atoms with Crippen molar-refractivity contribution in [1.82, 2.24) is 10.2 Å². The largest absolute Gasteiger partial charge is 0.363 e. The molecule has 5 heteroatoms. The van der Waals surface area contributed by atoms with E-state index in [9.17, 15) is 4.79 Å². The minimum absolute atomic E-state index is 0.104. The molecule has 2 saturated heterocycles. The lowest BCUT2D eigenvalue weighted by Crippen LogP contribution is -2.37.